The average Bonchev–Trinajstić information content (AvgIpc) is 2.36. The molecule has 0 bridgehead atoms. The van der Waals surface area contributed by atoms with Gasteiger partial charge in [-0.15, -0.1) is 0 Å². The fourth-order valence-corrected chi connectivity index (χ4v) is 1.96. The second-order valence-corrected chi connectivity index (χ2v) is 4.62. The predicted molar refractivity (Wildman–Crippen MR) is 75.4 cm³/mol. The van der Waals surface area contributed by atoms with E-state index in [0.717, 1.165) is 22.5 Å². The van der Waals surface area contributed by atoms with Crippen molar-refractivity contribution in [3.05, 3.63) is 58.1 Å². The number of nitrogens with one attached hydrogen (secondary N) is 1. The Kier molecular flexibility index (Phi) is 3.55. The van der Waals surface area contributed by atoms with Gasteiger partial charge >= 0.3 is 0 Å². The molecule has 0 aliphatic carbocycles. The van der Waals surface area contributed by atoms with E-state index in [1.807, 2.05) is 44.2 Å². The topological polar surface area (TPSA) is 35.8 Å². The molecule has 2 nitrogen and oxygen atoms in total. The van der Waals surface area contributed by atoms with Crippen LogP contribution in [-0.2, 0) is 0 Å². The molecular formula is C15H13ClN2. The van der Waals surface area contributed by atoms with Gasteiger partial charge < -0.3 is 5.32 Å². The van der Waals surface area contributed by atoms with E-state index in [9.17, 15) is 0 Å². The van der Waals surface area contributed by atoms with Gasteiger partial charge in [0.05, 0.1) is 22.0 Å². The normalized spacial score (nSPS) is 9.89. The van der Waals surface area contributed by atoms with Crippen molar-refractivity contribution in [1.29, 1.82) is 5.26 Å². The lowest BCUT2D eigenvalue weighted by Gasteiger charge is -2.13. The van der Waals surface area contributed by atoms with Crippen molar-refractivity contribution >= 4 is 23.0 Å². The number of halogens is 1. The highest BCUT2D eigenvalue weighted by atomic mass is 35.5. The van der Waals surface area contributed by atoms with Crippen LogP contribution in [-0.4, -0.2) is 0 Å². The van der Waals surface area contributed by atoms with Crippen LogP contribution in [0, 0.1) is 25.2 Å². The summed E-state index contributed by atoms with van der Waals surface area (Å²) in [5.74, 6) is 0. The van der Waals surface area contributed by atoms with Crippen LogP contribution >= 0.6 is 11.6 Å². The summed E-state index contributed by atoms with van der Waals surface area (Å²) in [6.07, 6.45) is 0. The third-order valence-corrected chi connectivity index (χ3v) is 3.10. The lowest BCUT2D eigenvalue weighted by Crippen LogP contribution is -1.97. The molecule has 0 saturated carbocycles. The van der Waals surface area contributed by atoms with E-state index in [1.165, 1.54) is 0 Å². The second-order valence-electron chi connectivity index (χ2n) is 4.22. The lowest BCUT2D eigenvalue weighted by atomic mass is 10.1. The van der Waals surface area contributed by atoms with Gasteiger partial charge in [0.2, 0.25) is 0 Å². The molecule has 0 heterocycles. The van der Waals surface area contributed by atoms with Crippen molar-refractivity contribution in [2.24, 2.45) is 0 Å². The fraction of sp³-hybridized carbons (Fsp3) is 0.133. The molecule has 2 aromatic carbocycles. The zero-order chi connectivity index (χ0) is 13.1. The van der Waals surface area contributed by atoms with Gasteiger partial charge in [-0.3, -0.25) is 0 Å². The van der Waals surface area contributed by atoms with Gasteiger partial charge in [0.25, 0.3) is 0 Å². The Balaban J connectivity index is 2.46. The van der Waals surface area contributed by atoms with Gasteiger partial charge in [0, 0.05) is 0 Å². The number of aryl methyl sites for hydroxylation is 2. The second kappa shape index (κ2) is 5.12. The van der Waals surface area contributed by atoms with Crippen LogP contribution in [0.25, 0.3) is 0 Å². The van der Waals surface area contributed by atoms with E-state index in [2.05, 4.69) is 11.4 Å². The Morgan fingerprint density at radius 2 is 1.94 bits per heavy atom. The zero-order valence-electron chi connectivity index (χ0n) is 10.3. The van der Waals surface area contributed by atoms with Gasteiger partial charge in [-0.25, -0.2) is 0 Å². The van der Waals surface area contributed by atoms with Crippen molar-refractivity contribution in [3.63, 3.8) is 0 Å². The maximum Gasteiger partial charge on any atom is 0.101 e. The molecule has 0 unspecified atom stereocenters. The molecule has 0 radical (unpaired) electrons. The third-order valence-electron chi connectivity index (χ3n) is 2.77. The molecular weight excluding hydrogens is 244 g/mol. The van der Waals surface area contributed by atoms with Crippen molar-refractivity contribution in [3.8, 4) is 6.07 Å². The number of para-hydroxylation sites is 1. The standard InChI is InChI=1S/C15H13ClN2/c1-10-6-7-13(16)14(8-10)18-15-11(2)4-3-5-12(15)9-17/h3-8,18H,1-2H3. The molecule has 3 heteroatoms. The maximum absolute atomic E-state index is 9.12. The van der Waals surface area contributed by atoms with E-state index in [1.54, 1.807) is 6.07 Å². The minimum absolute atomic E-state index is 0.618. The summed E-state index contributed by atoms with van der Waals surface area (Å²) in [5, 5.41) is 13.0. The molecule has 2 aromatic rings. The number of nitrogens with zero attached hydrogens (tertiary/aromatic N) is 1. The summed E-state index contributed by atoms with van der Waals surface area (Å²) in [4.78, 5) is 0. The molecule has 0 aliphatic rings. The molecule has 0 aliphatic heterocycles. The molecule has 0 amide bonds. The quantitative estimate of drug-likeness (QED) is 0.854. The number of rotatable bonds is 2. The Bertz CT molecular complexity index is 627. The number of hydrogen-bond acceptors (Lipinski definition) is 2. The highest BCUT2D eigenvalue weighted by Crippen LogP contribution is 2.29. The van der Waals surface area contributed by atoms with Crippen molar-refractivity contribution < 1.29 is 0 Å². The van der Waals surface area contributed by atoms with Gasteiger partial charge in [0.1, 0.15) is 6.07 Å². The number of anilines is 2. The first-order valence-electron chi connectivity index (χ1n) is 5.64. The molecule has 90 valence electrons. The Morgan fingerprint density at radius 3 is 2.67 bits per heavy atom. The molecule has 0 atom stereocenters. The Morgan fingerprint density at radius 1 is 1.17 bits per heavy atom. The monoisotopic (exact) mass is 256 g/mol. The summed E-state index contributed by atoms with van der Waals surface area (Å²) in [6, 6.07) is 13.6. The first kappa shape index (κ1) is 12.5. The largest absolute Gasteiger partial charge is 0.353 e. The first-order chi connectivity index (χ1) is 8.61. The molecule has 0 saturated heterocycles. The van der Waals surface area contributed by atoms with E-state index in [-0.39, 0.29) is 0 Å². The van der Waals surface area contributed by atoms with Gasteiger partial charge in [-0.1, -0.05) is 29.8 Å². The fourth-order valence-electron chi connectivity index (χ4n) is 1.80. The molecule has 1 N–H and O–H groups in total. The third kappa shape index (κ3) is 2.47. The van der Waals surface area contributed by atoms with Crippen LogP contribution in [0.5, 0.6) is 0 Å². The van der Waals surface area contributed by atoms with Crippen molar-refractivity contribution in [1.82, 2.24) is 0 Å². The summed E-state index contributed by atoms with van der Waals surface area (Å²) >= 11 is 6.15. The van der Waals surface area contributed by atoms with Crippen molar-refractivity contribution in [2.75, 3.05) is 5.32 Å². The first-order valence-corrected chi connectivity index (χ1v) is 6.02. The van der Waals surface area contributed by atoms with E-state index in [0.29, 0.717) is 10.6 Å². The molecule has 0 spiro atoms. The highest BCUT2D eigenvalue weighted by molar-refractivity contribution is 6.33. The number of benzene rings is 2. The summed E-state index contributed by atoms with van der Waals surface area (Å²) in [5.41, 5.74) is 4.39. The van der Waals surface area contributed by atoms with Gasteiger partial charge in [-0.2, -0.15) is 5.26 Å². The van der Waals surface area contributed by atoms with Crippen molar-refractivity contribution in [2.45, 2.75) is 13.8 Å². The number of hydrogen-bond donors (Lipinski definition) is 1. The summed E-state index contributed by atoms with van der Waals surface area (Å²) in [6.45, 7) is 3.97. The SMILES string of the molecule is Cc1ccc(Cl)c(Nc2c(C)cccc2C#N)c1. The highest BCUT2D eigenvalue weighted by Gasteiger charge is 2.07. The minimum Gasteiger partial charge on any atom is -0.353 e. The predicted octanol–water partition coefficient (Wildman–Crippen LogP) is 4.57. The molecule has 18 heavy (non-hydrogen) atoms. The summed E-state index contributed by atoms with van der Waals surface area (Å²) in [7, 11) is 0. The van der Waals surface area contributed by atoms with Crippen LogP contribution in [0.4, 0.5) is 11.4 Å². The molecule has 0 aromatic heterocycles. The smallest absolute Gasteiger partial charge is 0.101 e. The summed E-state index contributed by atoms with van der Waals surface area (Å²) < 4.78 is 0. The van der Waals surface area contributed by atoms with Crippen LogP contribution in [0.15, 0.2) is 36.4 Å². The number of nitriles is 1. The lowest BCUT2D eigenvalue weighted by molar-refractivity contribution is 1.38. The van der Waals surface area contributed by atoms with Crippen LogP contribution < -0.4 is 5.32 Å². The molecule has 2 rings (SSSR count). The van der Waals surface area contributed by atoms with Gasteiger partial charge in [-0.05, 0) is 43.2 Å². The zero-order valence-corrected chi connectivity index (χ0v) is 11.0. The molecule has 0 fully saturated rings. The van der Waals surface area contributed by atoms with Crippen LogP contribution in [0.1, 0.15) is 16.7 Å². The van der Waals surface area contributed by atoms with E-state index < -0.39 is 0 Å². The van der Waals surface area contributed by atoms with Crippen LogP contribution in [0.3, 0.4) is 0 Å². The maximum atomic E-state index is 9.12. The Labute approximate surface area is 112 Å². The van der Waals surface area contributed by atoms with Gasteiger partial charge in [0.15, 0.2) is 0 Å². The van der Waals surface area contributed by atoms with Crippen LogP contribution in [0.2, 0.25) is 5.02 Å². The van der Waals surface area contributed by atoms with E-state index >= 15 is 0 Å². The Hall–Kier alpha value is -1.98. The average molecular weight is 257 g/mol. The van der Waals surface area contributed by atoms with E-state index in [4.69, 9.17) is 16.9 Å². The minimum atomic E-state index is 0.618.